The number of aliphatic hydroxyl groups is 1. The van der Waals surface area contributed by atoms with Crippen molar-refractivity contribution in [1.29, 1.82) is 0 Å². The number of carbonyl (C=O) groups excluding carboxylic acids is 2. The van der Waals surface area contributed by atoms with E-state index in [9.17, 15) is 27.9 Å². The topological polar surface area (TPSA) is 99.8 Å². The summed E-state index contributed by atoms with van der Waals surface area (Å²) in [5.41, 5.74) is 0.574. The van der Waals surface area contributed by atoms with Gasteiger partial charge in [0.05, 0.1) is 41.4 Å². The summed E-state index contributed by atoms with van der Waals surface area (Å²) in [5.74, 6) is -0.572. The normalized spacial score (nSPS) is 20.8. The van der Waals surface area contributed by atoms with Crippen LogP contribution in [0.25, 0.3) is 17.0 Å². The number of nitrogens with one attached hydrogen (secondary N) is 1. The number of amides is 2. The number of carbonyl (C=O) groups is 2. The largest absolute Gasteiger partial charge is 0.416 e. The number of fused-ring (bicyclic) bond motifs is 1. The SMILES string of the molecule is CC(=O)NC1CC(CO)N(C2=NC(=O)C(=Cc3ccc4c(cnn4Cc4ccc(Cl)cc4C(F)(F)F)c3)S2)C1. The number of nitrogens with zero attached hydrogens (tertiary/aromatic N) is 4. The van der Waals surface area contributed by atoms with E-state index in [2.05, 4.69) is 15.4 Å². The predicted octanol–water partition coefficient (Wildman–Crippen LogP) is 4.30. The van der Waals surface area contributed by atoms with Crippen LogP contribution in [0.5, 0.6) is 0 Å². The van der Waals surface area contributed by atoms with Gasteiger partial charge in [0.15, 0.2) is 5.17 Å². The molecule has 0 spiro atoms. The highest BCUT2D eigenvalue weighted by molar-refractivity contribution is 8.18. The fourth-order valence-corrected chi connectivity index (χ4v) is 5.99. The Balaban J connectivity index is 1.34. The molecule has 2 atom stereocenters. The first-order chi connectivity index (χ1) is 18.5. The number of benzene rings is 2. The second-order valence-corrected chi connectivity index (χ2v) is 10.8. The van der Waals surface area contributed by atoms with Crippen molar-refractivity contribution in [1.82, 2.24) is 20.0 Å². The van der Waals surface area contributed by atoms with Crippen molar-refractivity contribution < 1.29 is 27.9 Å². The van der Waals surface area contributed by atoms with E-state index in [-0.39, 0.29) is 41.7 Å². The lowest BCUT2D eigenvalue weighted by Gasteiger charge is -2.23. The van der Waals surface area contributed by atoms with Crippen molar-refractivity contribution in [3.63, 3.8) is 0 Å². The monoisotopic (exact) mass is 577 g/mol. The molecule has 2 aliphatic rings. The third-order valence-corrected chi connectivity index (χ3v) is 7.80. The number of rotatable bonds is 5. The van der Waals surface area contributed by atoms with Crippen LogP contribution in [0.4, 0.5) is 13.2 Å². The molecule has 2 aliphatic heterocycles. The third kappa shape index (κ3) is 5.82. The molecule has 0 saturated carbocycles. The number of likely N-dealkylation sites (tertiary alicyclic amines) is 1. The molecule has 2 amide bonds. The van der Waals surface area contributed by atoms with Gasteiger partial charge >= 0.3 is 6.18 Å². The van der Waals surface area contributed by atoms with Crippen molar-refractivity contribution in [3.8, 4) is 0 Å². The molecule has 2 N–H and O–H groups in total. The molecule has 2 unspecified atom stereocenters. The number of amidine groups is 1. The van der Waals surface area contributed by atoms with Crippen LogP contribution < -0.4 is 5.32 Å². The first kappa shape index (κ1) is 27.2. The Morgan fingerprint density at radius 1 is 1.28 bits per heavy atom. The van der Waals surface area contributed by atoms with Crippen LogP contribution in [0.3, 0.4) is 0 Å². The Bertz CT molecular complexity index is 1520. The van der Waals surface area contributed by atoms with E-state index in [1.165, 1.54) is 35.5 Å². The van der Waals surface area contributed by atoms with Gasteiger partial charge in [0.2, 0.25) is 5.91 Å². The Labute approximate surface area is 230 Å². The zero-order chi connectivity index (χ0) is 27.9. The standard InChI is InChI=1S/C26H23ClF3N5O3S/c1-14(37)32-19-9-20(13-36)34(12-19)25-33-24(38)23(39-25)7-15-2-5-22-17(6-15)10-31-35(22)11-16-3-4-18(27)8-21(16)26(28,29)30/h2-8,10,19-20,36H,9,11-13H2,1H3,(H,32,37). The molecule has 13 heteroatoms. The van der Waals surface area contributed by atoms with Crippen LogP contribution in [0, 0.1) is 0 Å². The highest BCUT2D eigenvalue weighted by Crippen LogP contribution is 2.36. The maximum Gasteiger partial charge on any atom is 0.416 e. The number of hydrogen-bond donors (Lipinski definition) is 2. The molecule has 0 aliphatic carbocycles. The fourth-order valence-electron chi connectivity index (χ4n) is 4.82. The zero-order valence-corrected chi connectivity index (χ0v) is 22.1. The van der Waals surface area contributed by atoms with Gasteiger partial charge in [-0.05, 0) is 59.7 Å². The molecule has 1 aromatic heterocycles. The molecule has 204 valence electrons. The number of alkyl halides is 3. The van der Waals surface area contributed by atoms with Gasteiger partial charge in [-0.15, -0.1) is 0 Å². The summed E-state index contributed by atoms with van der Waals surface area (Å²) in [7, 11) is 0. The van der Waals surface area contributed by atoms with Crippen LogP contribution in [0.1, 0.15) is 30.0 Å². The van der Waals surface area contributed by atoms with E-state index >= 15 is 0 Å². The van der Waals surface area contributed by atoms with Crippen molar-refractivity contribution in [2.75, 3.05) is 13.2 Å². The summed E-state index contributed by atoms with van der Waals surface area (Å²) in [4.78, 5) is 30.5. The molecule has 1 fully saturated rings. The van der Waals surface area contributed by atoms with E-state index in [1.54, 1.807) is 30.5 Å². The van der Waals surface area contributed by atoms with Crippen molar-refractivity contribution >= 4 is 57.3 Å². The van der Waals surface area contributed by atoms with Gasteiger partial charge in [0.25, 0.3) is 5.91 Å². The molecule has 39 heavy (non-hydrogen) atoms. The molecule has 1 saturated heterocycles. The van der Waals surface area contributed by atoms with Crippen molar-refractivity contribution in [3.05, 3.63) is 69.2 Å². The molecule has 3 aromatic rings. The van der Waals surface area contributed by atoms with Gasteiger partial charge in [-0.2, -0.15) is 23.3 Å². The number of hydrogen-bond acceptors (Lipinski definition) is 6. The smallest absolute Gasteiger partial charge is 0.394 e. The maximum absolute atomic E-state index is 13.5. The quantitative estimate of drug-likeness (QED) is 0.439. The molecule has 0 radical (unpaired) electrons. The van der Waals surface area contributed by atoms with E-state index < -0.39 is 17.6 Å². The van der Waals surface area contributed by atoms with Crippen LogP contribution in [0.2, 0.25) is 5.02 Å². The summed E-state index contributed by atoms with van der Waals surface area (Å²) in [5, 5.41) is 18.1. The fraction of sp³-hybridized carbons (Fsp3) is 0.308. The van der Waals surface area contributed by atoms with Gasteiger partial charge in [-0.3, -0.25) is 14.3 Å². The lowest BCUT2D eigenvalue weighted by Crippen LogP contribution is -2.38. The maximum atomic E-state index is 13.5. The zero-order valence-electron chi connectivity index (χ0n) is 20.6. The molecule has 3 heterocycles. The highest BCUT2D eigenvalue weighted by atomic mass is 35.5. The summed E-state index contributed by atoms with van der Waals surface area (Å²) < 4.78 is 42.0. The van der Waals surface area contributed by atoms with E-state index in [1.807, 2.05) is 4.90 Å². The van der Waals surface area contributed by atoms with Crippen LogP contribution in [-0.4, -0.2) is 62.0 Å². The minimum absolute atomic E-state index is 0.00435. The van der Waals surface area contributed by atoms with Crippen LogP contribution in [-0.2, 0) is 22.3 Å². The van der Waals surface area contributed by atoms with Gasteiger partial charge < -0.3 is 15.3 Å². The number of aliphatic imine (C=N–C) groups is 1. The van der Waals surface area contributed by atoms with Gasteiger partial charge in [-0.25, -0.2) is 0 Å². The molecule has 8 nitrogen and oxygen atoms in total. The predicted molar refractivity (Wildman–Crippen MR) is 143 cm³/mol. The Kier molecular flexibility index (Phi) is 7.45. The van der Waals surface area contributed by atoms with Gasteiger partial charge in [0, 0.05) is 29.9 Å². The minimum Gasteiger partial charge on any atom is -0.394 e. The average molecular weight is 578 g/mol. The number of thioether (sulfide) groups is 1. The first-order valence-corrected chi connectivity index (χ1v) is 13.2. The van der Waals surface area contributed by atoms with Crippen molar-refractivity contribution in [2.24, 2.45) is 4.99 Å². The van der Waals surface area contributed by atoms with Crippen LogP contribution >= 0.6 is 23.4 Å². The van der Waals surface area contributed by atoms with E-state index in [4.69, 9.17) is 11.6 Å². The van der Waals surface area contributed by atoms with Crippen molar-refractivity contribution in [2.45, 2.75) is 38.1 Å². The molecule has 5 rings (SSSR count). The summed E-state index contributed by atoms with van der Waals surface area (Å²) in [6, 6.07) is 8.55. The molecular weight excluding hydrogens is 555 g/mol. The van der Waals surface area contributed by atoms with E-state index in [0.717, 1.165) is 6.07 Å². The van der Waals surface area contributed by atoms with Crippen LogP contribution in [0.15, 0.2) is 52.5 Å². The lowest BCUT2D eigenvalue weighted by atomic mass is 10.1. The second-order valence-electron chi connectivity index (χ2n) is 9.35. The Morgan fingerprint density at radius 3 is 2.79 bits per heavy atom. The number of halogens is 4. The molecular formula is C26H23ClF3N5O3S. The highest BCUT2D eigenvalue weighted by Gasteiger charge is 2.38. The summed E-state index contributed by atoms with van der Waals surface area (Å²) >= 11 is 6.99. The number of aliphatic hydroxyl groups excluding tert-OH is 1. The summed E-state index contributed by atoms with van der Waals surface area (Å²) in [6.07, 6.45) is -0.753. The average Bonchev–Trinajstić information content (AvgIpc) is 3.56. The Hall–Kier alpha value is -3.35. The summed E-state index contributed by atoms with van der Waals surface area (Å²) in [6.45, 7) is 1.64. The molecule has 2 aromatic carbocycles. The van der Waals surface area contributed by atoms with Gasteiger partial charge in [0.1, 0.15) is 0 Å². The third-order valence-electron chi connectivity index (χ3n) is 6.55. The molecule has 0 bridgehead atoms. The Morgan fingerprint density at radius 2 is 2.08 bits per heavy atom. The number of aromatic nitrogens is 2. The first-order valence-electron chi connectivity index (χ1n) is 12.0. The van der Waals surface area contributed by atoms with E-state index in [0.29, 0.717) is 39.5 Å². The minimum atomic E-state index is -4.55. The lowest BCUT2D eigenvalue weighted by molar-refractivity contribution is -0.138. The van der Waals surface area contributed by atoms with Gasteiger partial charge in [-0.1, -0.05) is 23.7 Å². The second kappa shape index (κ2) is 10.7.